The Hall–Kier alpha value is -3.34. The molecule has 0 saturated carbocycles. The first-order chi connectivity index (χ1) is 11.3. The standard InChI is InChI=1S/C18H11N3O2/c22-16(12-6-2-1-3-7-12)14-10-11-19-21-15-9-5-4-8-13(15)18(23)20-17(14)21/h1-11H. The van der Waals surface area contributed by atoms with Crippen molar-refractivity contribution in [2.24, 2.45) is 0 Å². The number of aromatic nitrogens is 3. The summed E-state index contributed by atoms with van der Waals surface area (Å²) in [6, 6.07) is 17.6. The van der Waals surface area contributed by atoms with Crippen molar-refractivity contribution in [3.8, 4) is 0 Å². The molecular weight excluding hydrogens is 290 g/mol. The number of fused-ring (bicyclic) bond motifs is 3. The number of hydrogen-bond acceptors (Lipinski definition) is 4. The topological polar surface area (TPSA) is 64.3 Å². The molecule has 0 atom stereocenters. The maximum absolute atomic E-state index is 12.7. The molecule has 0 saturated heterocycles. The van der Waals surface area contributed by atoms with Gasteiger partial charge in [0.05, 0.1) is 16.5 Å². The van der Waals surface area contributed by atoms with Crippen LogP contribution in [-0.2, 0) is 0 Å². The lowest BCUT2D eigenvalue weighted by atomic mass is 10.0. The van der Waals surface area contributed by atoms with Gasteiger partial charge in [-0.1, -0.05) is 42.5 Å². The fourth-order valence-corrected chi connectivity index (χ4v) is 2.62. The monoisotopic (exact) mass is 301 g/mol. The van der Waals surface area contributed by atoms with Crippen LogP contribution in [0.25, 0.3) is 16.6 Å². The van der Waals surface area contributed by atoms with Gasteiger partial charge in [-0.3, -0.25) is 9.59 Å². The molecule has 2 aromatic carbocycles. The molecule has 0 aliphatic carbocycles. The molecule has 110 valence electrons. The Labute approximate surface area is 130 Å². The first kappa shape index (κ1) is 13.3. The highest BCUT2D eigenvalue weighted by molar-refractivity contribution is 6.12. The van der Waals surface area contributed by atoms with Crippen molar-refractivity contribution in [1.29, 1.82) is 0 Å². The first-order valence-electron chi connectivity index (χ1n) is 7.12. The van der Waals surface area contributed by atoms with Crippen LogP contribution in [0.3, 0.4) is 0 Å². The van der Waals surface area contributed by atoms with E-state index in [1.165, 1.54) is 4.52 Å². The second-order valence-electron chi connectivity index (χ2n) is 5.11. The second-order valence-corrected chi connectivity index (χ2v) is 5.11. The molecule has 23 heavy (non-hydrogen) atoms. The number of nitrogens with zero attached hydrogens (tertiary/aromatic N) is 3. The van der Waals surface area contributed by atoms with Crippen molar-refractivity contribution >= 4 is 22.3 Å². The molecule has 0 fully saturated rings. The Kier molecular flexibility index (Phi) is 2.98. The van der Waals surface area contributed by atoms with E-state index >= 15 is 0 Å². The smallest absolute Gasteiger partial charge is 0.281 e. The molecule has 4 aromatic rings. The lowest BCUT2D eigenvalue weighted by Gasteiger charge is -2.08. The predicted octanol–water partition coefficient (Wildman–Crippen LogP) is 2.47. The fraction of sp³-hybridized carbons (Fsp3) is 0. The summed E-state index contributed by atoms with van der Waals surface area (Å²) in [7, 11) is 0. The van der Waals surface area contributed by atoms with E-state index in [1.54, 1.807) is 54.7 Å². The number of hydrogen-bond donors (Lipinski definition) is 0. The average molecular weight is 301 g/mol. The normalized spacial score (nSPS) is 11.0. The zero-order valence-electron chi connectivity index (χ0n) is 12.0. The second kappa shape index (κ2) is 5.14. The van der Waals surface area contributed by atoms with Gasteiger partial charge in [0.25, 0.3) is 5.56 Å². The van der Waals surface area contributed by atoms with Crippen molar-refractivity contribution in [2.45, 2.75) is 0 Å². The third-order valence-corrected chi connectivity index (χ3v) is 3.72. The van der Waals surface area contributed by atoms with Gasteiger partial charge in [0.15, 0.2) is 11.4 Å². The summed E-state index contributed by atoms with van der Waals surface area (Å²) in [6.07, 6.45) is 1.54. The fourth-order valence-electron chi connectivity index (χ4n) is 2.62. The van der Waals surface area contributed by atoms with Gasteiger partial charge in [-0.05, 0) is 18.2 Å². The first-order valence-corrected chi connectivity index (χ1v) is 7.12. The summed E-state index contributed by atoms with van der Waals surface area (Å²) >= 11 is 0. The van der Waals surface area contributed by atoms with Gasteiger partial charge in [-0.15, -0.1) is 0 Å². The van der Waals surface area contributed by atoms with Gasteiger partial charge in [0, 0.05) is 11.8 Å². The van der Waals surface area contributed by atoms with Crippen LogP contribution in [0, 0.1) is 0 Å². The summed E-state index contributed by atoms with van der Waals surface area (Å²) in [5.41, 5.74) is 1.43. The number of benzene rings is 2. The summed E-state index contributed by atoms with van der Waals surface area (Å²) in [5.74, 6) is -0.187. The minimum Gasteiger partial charge on any atom is -0.288 e. The van der Waals surface area contributed by atoms with Crippen LogP contribution in [0.4, 0.5) is 0 Å². The van der Waals surface area contributed by atoms with Crippen molar-refractivity contribution in [3.05, 3.63) is 88.3 Å². The van der Waals surface area contributed by atoms with Crippen LogP contribution in [0.5, 0.6) is 0 Å². The van der Waals surface area contributed by atoms with E-state index in [1.807, 2.05) is 12.1 Å². The molecule has 5 nitrogen and oxygen atoms in total. The van der Waals surface area contributed by atoms with Gasteiger partial charge in [0.1, 0.15) is 0 Å². The lowest BCUT2D eigenvalue weighted by molar-refractivity contribution is 0.103. The molecular formula is C18H11N3O2. The quantitative estimate of drug-likeness (QED) is 0.421. The molecule has 2 heterocycles. The predicted molar refractivity (Wildman–Crippen MR) is 86.6 cm³/mol. The van der Waals surface area contributed by atoms with E-state index in [4.69, 9.17) is 0 Å². The summed E-state index contributed by atoms with van der Waals surface area (Å²) in [5, 5.41) is 4.72. The lowest BCUT2D eigenvalue weighted by Crippen LogP contribution is -2.15. The third kappa shape index (κ3) is 2.10. The largest absolute Gasteiger partial charge is 0.288 e. The van der Waals surface area contributed by atoms with Crippen LogP contribution in [0.2, 0.25) is 0 Å². The Morgan fingerprint density at radius 2 is 1.65 bits per heavy atom. The highest BCUT2D eigenvalue weighted by Crippen LogP contribution is 2.16. The minimum atomic E-state index is -0.365. The highest BCUT2D eigenvalue weighted by atomic mass is 16.1. The maximum atomic E-state index is 12.7. The van der Waals surface area contributed by atoms with E-state index in [2.05, 4.69) is 10.1 Å². The van der Waals surface area contributed by atoms with E-state index in [0.717, 1.165) is 0 Å². The van der Waals surface area contributed by atoms with Crippen molar-refractivity contribution in [3.63, 3.8) is 0 Å². The molecule has 0 unspecified atom stereocenters. The molecule has 2 aromatic heterocycles. The Balaban J connectivity index is 2.06. The maximum Gasteiger partial charge on any atom is 0.281 e. The molecule has 0 amide bonds. The summed E-state index contributed by atoms with van der Waals surface area (Å²) in [4.78, 5) is 29.0. The van der Waals surface area contributed by atoms with Gasteiger partial charge in [-0.2, -0.15) is 10.1 Å². The summed E-state index contributed by atoms with van der Waals surface area (Å²) in [6.45, 7) is 0. The molecule has 0 aliphatic heterocycles. The molecule has 0 bridgehead atoms. The zero-order valence-corrected chi connectivity index (χ0v) is 12.0. The van der Waals surface area contributed by atoms with Gasteiger partial charge in [0.2, 0.25) is 0 Å². The summed E-state index contributed by atoms with van der Waals surface area (Å²) < 4.78 is 1.53. The highest BCUT2D eigenvalue weighted by Gasteiger charge is 2.16. The van der Waals surface area contributed by atoms with Gasteiger partial charge in [-0.25, -0.2) is 4.52 Å². The number of para-hydroxylation sites is 1. The van der Waals surface area contributed by atoms with Crippen molar-refractivity contribution in [2.75, 3.05) is 0 Å². The van der Waals surface area contributed by atoms with E-state index < -0.39 is 0 Å². The number of carbonyl (C=O) groups excluding carboxylic acids is 1. The SMILES string of the molecule is O=C(c1ccccc1)c1ccnn2c1nc(=O)c1ccccc12. The Morgan fingerprint density at radius 1 is 0.913 bits per heavy atom. The van der Waals surface area contributed by atoms with Crippen LogP contribution in [0.15, 0.2) is 71.7 Å². The minimum absolute atomic E-state index is 0.187. The Bertz CT molecular complexity index is 1100. The van der Waals surface area contributed by atoms with Crippen molar-refractivity contribution in [1.82, 2.24) is 14.6 Å². The average Bonchev–Trinajstić information content (AvgIpc) is 2.62. The van der Waals surface area contributed by atoms with Gasteiger partial charge >= 0.3 is 0 Å². The van der Waals surface area contributed by atoms with Crippen LogP contribution >= 0.6 is 0 Å². The molecule has 0 radical (unpaired) electrons. The number of ketones is 1. The van der Waals surface area contributed by atoms with Crippen LogP contribution < -0.4 is 5.56 Å². The third-order valence-electron chi connectivity index (χ3n) is 3.72. The van der Waals surface area contributed by atoms with E-state index in [-0.39, 0.29) is 17.0 Å². The van der Waals surface area contributed by atoms with E-state index in [0.29, 0.717) is 22.0 Å². The molecule has 0 spiro atoms. The van der Waals surface area contributed by atoms with Crippen LogP contribution in [0.1, 0.15) is 15.9 Å². The molecule has 0 N–H and O–H groups in total. The number of carbonyl (C=O) groups is 1. The Morgan fingerprint density at radius 3 is 2.48 bits per heavy atom. The van der Waals surface area contributed by atoms with Crippen LogP contribution in [-0.4, -0.2) is 20.4 Å². The van der Waals surface area contributed by atoms with Crippen molar-refractivity contribution < 1.29 is 4.79 Å². The van der Waals surface area contributed by atoms with Gasteiger partial charge < -0.3 is 0 Å². The molecule has 4 rings (SSSR count). The number of rotatable bonds is 2. The molecule has 0 aliphatic rings. The zero-order chi connectivity index (χ0) is 15.8. The van der Waals surface area contributed by atoms with E-state index in [9.17, 15) is 9.59 Å². The molecule has 5 heteroatoms.